The highest BCUT2D eigenvalue weighted by molar-refractivity contribution is 6.30. The normalized spacial score (nSPS) is 12.2. The van der Waals surface area contributed by atoms with Crippen LogP contribution in [0, 0.1) is 0 Å². The van der Waals surface area contributed by atoms with Crippen LogP contribution in [0.3, 0.4) is 0 Å². The second-order valence-corrected chi connectivity index (χ2v) is 5.55. The average molecular weight is 307 g/mol. The highest BCUT2D eigenvalue weighted by Gasteiger charge is 2.15. The first-order chi connectivity index (χ1) is 9.97. The molecule has 0 saturated carbocycles. The number of anilines is 2. The van der Waals surface area contributed by atoms with Crippen LogP contribution in [0.2, 0.25) is 5.02 Å². The molecule has 1 amide bonds. The van der Waals surface area contributed by atoms with Crippen LogP contribution in [0.25, 0.3) is 0 Å². The molecule has 0 aliphatic heterocycles. The summed E-state index contributed by atoms with van der Waals surface area (Å²) in [6.07, 6.45) is 1.67. The zero-order valence-corrected chi connectivity index (χ0v) is 13.1. The fourth-order valence-electron chi connectivity index (χ4n) is 1.92. The van der Waals surface area contributed by atoms with Crippen LogP contribution in [-0.2, 0) is 4.79 Å². The molecule has 2 rings (SSSR count). The van der Waals surface area contributed by atoms with Gasteiger partial charge in [0, 0.05) is 22.8 Å². The van der Waals surface area contributed by atoms with Gasteiger partial charge in [-0.05, 0) is 45.0 Å². The third-order valence-electron chi connectivity index (χ3n) is 3.03. The van der Waals surface area contributed by atoms with E-state index in [-0.39, 0.29) is 18.0 Å². The molecule has 0 radical (unpaired) electrons. The van der Waals surface area contributed by atoms with Crippen LogP contribution < -0.4 is 10.6 Å². The molecule has 0 fully saturated rings. The Labute approximate surface area is 129 Å². The lowest BCUT2D eigenvalue weighted by Crippen LogP contribution is -2.32. The molecule has 0 bridgehead atoms. The molecule has 2 N–H and O–H groups in total. The van der Waals surface area contributed by atoms with Crippen molar-refractivity contribution in [1.82, 2.24) is 9.78 Å². The number of carbonyl (C=O) groups is 1. The molecule has 1 unspecified atom stereocenters. The maximum atomic E-state index is 12.2. The molecule has 1 atom stereocenters. The number of aromatic nitrogens is 2. The fourth-order valence-corrected chi connectivity index (χ4v) is 2.05. The van der Waals surface area contributed by atoms with Gasteiger partial charge in [-0.2, -0.15) is 5.10 Å². The Hall–Kier alpha value is -2.01. The zero-order chi connectivity index (χ0) is 15.4. The van der Waals surface area contributed by atoms with Crippen molar-refractivity contribution in [2.45, 2.75) is 32.9 Å². The van der Waals surface area contributed by atoms with Crippen LogP contribution in [0.4, 0.5) is 11.5 Å². The minimum Gasteiger partial charge on any atom is -0.374 e. The first-order valence-corrected chi connectivity index (χ1v) is 7.21. The number of hydrogen-bond acceptors (Lipinski definition) is 3. The van der Waals surface area contributed by atoms with Gasteiger partial charge in [-0.1, -0.05) is 11.6 Å². The lowest BCUT2D eigenvalue weighted by Gasteiger charge is -2.17. The van der Waals surface area contributed by atoms with Crippen LogP contribution >= 0.6 is 11.6 Å². The zero-order valence-electron chi connectivity index (χ0n) is 12.3. The van der Waals surface area contributed by atoms with E-state index in [1.165, 1.54) is 0 Å². The number of carbonyl (C=O) groups excluding carboxylic acids is 1. The van der Waals surface area contributed by atoms with Crippen molar-refractivity contribution in [3.63, 3.8) is 0 Å². The van der Waals surface area contributed by atoms with E-state index in [9.17, 15) is 4.79 Å². The second-order valence-electron chi connectivity index (χ2n) is 5.12. The molecule has 0 aliphatic carbocycles. The maximum absolute atomic E-state index is 12.2. The van der Waals surface area contributed by atoms with Crippen molar-refractivity contribution in [3.05, 3.63) is 41.6 Å². The summed E-state index contributed by atoms with van der Waals surface area (Å²) in [5.41, 5.74) is 0.847. The van der Waals surface area contributed by atoms with Crippen molar-refractivity contribution in [3.8, 4) is 0 Å². The van der Waals surface area contributed by atoms with Gasteiger partial charge in [0.2, 0.25) is 5.91 Å². The molecule has 112 valence electrons. The molecule has 1 aromatic heterocycles. The summed E-state index contributed by atoms with van der Waals surface area (Å²) in [5.74, 6) is 0.576. The number of amides is 1. The van der Waals surface area contributed by atoms with Crippen molar-refractivity contribution in [2.75, 3.05) is 10.6 Å². The predicted molar refractivity (Wildman–Crippen MR) is 85.8 cm³/mol. The fraction of sp³-hybridized carbons (Fsp3) is 0.333. The van der Waals surface area contributed by atoms with Crippen LogP contribution in [0.1, 0.15) is 26.8 Å². The van der Waals surface area contributed by atoms with Gasteiger partial charge in [-0.25, -0.2) is 4.68 Å². The summed E-state index contributed by atoms with van der Waals surface area (Å²) in [6.45, 7) is 5.83. The first-order valence-electron chi connectivity index (χ1n) is 6.84. The Bertz CT molecular complexity index is 606. The van der Waals surface area contributed by atoms with Crippen LogP contribution in [0.15, 0.2) is 36.5 Å². The topological polar surface area (TPSA) is 59.0 Å². The molecule has 21 heavy (non-hydrogen) atoms. The van der Waals surface area contributed by atoms with E-state index in [0.717, 1.165) is 5.69 Å². The summed E-state index contributed by atoms with van der Waals surface area (Å²) < 4.78 is 1.77. The smallest absolute Gasteiger partial charge is 0.247 e. The number of halogens is 1. The van der Waals surface area contributed by atoms with E-state index < -0.39 is 0 Å². The summed E-state index contributed by atoms with van der Waals surface area (Å²) >= 11 is 5.84. The number of nitrogens with zero attached hydrogens (tertiary/aromatic N) is 2. The van der Waals surface area contributed by atoms with Gasteiger partial charge in [0.25, 0.3) is 0 Å². The first kappa shape index (κ1) is 15.4. The SMILES string of the molecule is CC(Nc1ccc(Cl)cc1)C(=O)Nc1ccnn1C(C)C. The van der Waals surface area contributed by atoms with E-state index in [1.807, 2.05) is 26.0 Å². The van der Waals surface area contributed by atoms with E-state index in [4.69, 9.17) is 11.6 Å². The van der Waals surface area contributed by atoms with Gasteiger partial charge < -0.3 is 10.6 Å². The molecule has 0 spiro atoms. The third-order valence-corrected chi connectivity index (χ3v) is 3.28. The summed E-state index contributed by atoms with van der Waals surface area (Å²) in [4.78, 5) is 12.2. The number of nitrogens with one attached hydrogen (secondary N) is 2. The minimum absolute atomic E-state index is 0.118. The molecular weight excluding hydrogens is 288 g/mol. The summed E-state index contributed by atoms with van der Waals surface area (Å²) in [7, 11) is 0. The van der Waals surface area contributed by atoms with E-state index >= 15 is 0 Å². The van der Waals surface area contributed by atoms with Gasteiger partial charge in [0.1, 0.15) is 11.9 Å². The monoisotopic (exact) mass is 306 g/mol. The standard InChI is InChI=1S/C15H19ClN4O/c1-10(2)20-14(8-9-17-20)19-15(21)11(3)18-13-6-4-12(16)5-7-13/h4-11,18H,1-3H3,(H,19,21). The largest absolute Gasteiger partial charge is 0.374 e. The molecule has 0 saturated heterocycles. The number of benzene rings is 1. The highest BCUT2D eigenvalue weighted by atomic mass is 35.5. The quantitative estimate of drug-likeness (QED) is 0.888. The summed E-state index contributed by atoms with van der Waals surface area (Å²) in [5, 5.41) is 10.9. The molecular formula is C15H19ClN4O. The Kier molecular flexibility index (Phi) is 4.85. The molecule has 6 heteroatoms. The third kappa shape index (κ3) is 3.98. The van der Waals surface area contributed by atoms with Crippen molar-refractivity contribution >= 4 is 29.0 Å². The van der Waals surface area contributed by atoms with Crippen molar-refractivity contribution < 1.29 is 4.79 Å². The molecule has 1 aromatic carbocycles. The van der Waals surface area contributed by atoms with Gasteiger partial charge in [0.15, 0.2) is 0 Å². The Morgan fingerprint density at radius 2 is 1.86 bits per heavy atom. The molecule has 1 heterocycles. The Morgan fingerprint density at radius 3 is 2.48 bits per heavy atom. The van der Waals surface area contributed by atoms with Crippen LogP contribution in [0.5, 0.6) is 0 Å². The van der Waals surface area contributed by atoms with Gasteiger partial charge in [0.05, 0.1) is 6.20 Å². The molecule has 0 aliphatic rings. The molecule has 2 aromatic rings. The van der Waals surface area contributed by atoms with Crippen molar-refractivity contribution in [2.24, 2.45) is 0 Å². The van der Waals surface area contributed by atoms with Crippen molar-refractivity contribution in [1.29, 1.82) is 0 Å². The van der Waals surface area contributed by atoms with Crippen LogP contribution in [-0.4, -0.2) is 21.7 Å². The maximum Gasteiger partial charge on any atom is 0.247 e. The van der Waals surface area contributed by atoms with E-state index in [0.29, 0.717) is 10.8 Å². The van der Waals surface area contributed by atoms with Gasteiger partial charge in [-0.3, -0.25) is 4.79 Å². The Balaban J connectivity index is 1.99. The van der Waals surface area contributed by atoms with Gasteiger partial charge >= 0.3 is 0 Å². The number of rotatable bonds is 5. The lowest BCUT2D eigenvalue weighted by molar-refractivity contribution is -0.116. The average Bonchev–Trinajstić information content (AvgIpc) is 2.89. The Morgan fingerprint density at radius 1 is 1.19 bits per heavy atom. The summed E-state index contributed by atoms with van der Waals surface area (Å²) in [6, 6.07) is 8.84. The number of hydrogen-bond donors (Lipinski definition) is 2. The predicted octanol–water partition coefficient (Wildman–Crippen LogP) is 3.56. The second kappa shape index (κ2) is 6.63. The lowest BCUT2D eigenvalue weighted by atomic mass is 10.2. The highest BCUT2D eigenvalue weighted by Crippen LogP contribution is 2.16. The van der Waals surface area contributed by atoms with E-state index in [1.54, 1.807) is 36.0 Å². The van der Waals surface area contributed by atoms with Gasteiger partial charge in [-0.15, -0.1) is 0 Å². The van der Waals surface area contributed by atoms with E-state index in [2.05, 4.69) is 15.7 Å². The minimum atomic E-state index is -0.373. The molecule has 5 nitrogen and oxygen atoms in total.